The van der Waals surface area contributed by atoms with Crippen LogP contribution in [0.25, 0.3) is 6.08 Å². The Bertz CT molecular complexity index is 872. The van der Waals surface area contributed by atoms with Crippen LogP contribution in [0.3, 0.4) is 0 Å². The highest BCUT2D eigenvalue weighted by molar-refractivity contribution is 8.26. The highest BCUT2D eigenvalue weighted by atomic mass is 32.2. The summed E-state index contributed by atoms with van der Waals surface area (Å²) in [5.74, 6) is 0.725. The molecule has 132 valence electrons. The van der Waals surface area contributed by atoms with Gasteiger partial charge in [-0.3, -0.25) is 9.69 Å². The summed E-state index contributed by atoms with van der Waals surface area (Å²) in [7, 11) is 0. The molecule has 0 N–H and O–H groups in total. The molecule has 0 unspecified atom stereocenters. The molecule has 0 bridgehead atoms. The Balaban J connectivity index is 1.65. The first kappa shape index (κ1) is 18.4. The largest absolute Gasteiger partial charge is 0.489 e. The van der Waals surface area contributed by atoms with Crippen LogP contribution in [0.15, 0.2) is 66.1 Å². The molecule has 1 aliphatic heterocycles. The SMILES string of the molecule is C=CCN1C(=O)C(=Cc2ccc(OCc3cccc(C)c3)cc2)SC1=S. The van der Waals surface area contributed by atoms with E-state index in [4.69, 9.17) is 17.0 Å². The number of thioether (sulfide) groups is 1. The fourth-order valence-electron chi connectivity index (χ4n) is 2.57. The molecule has 0 saturated carbocycles. The van der Waals surface area contributed by atoms with E-state index in [1.807, 2.05) is 42.5 Å². The van der Waals surface area contributed by atoms with Gasteiger partial charge in [-0.1, -0.05) is 72.0 Å². The van der Waals surface area contributed by atoms with E-state index in [1.165, 1.54) is 17.3 Å². The summed E-state index contributed by atoms with van der Waals surface area (Å²) in [6.07, 6.45) is 3.53. The van der Waals surface area contributed by atoms with Crippen LogP contribution >= 0.6 is 24.0 Å². The van der Waals surface area contributed by atoms with E-state index in [9.17, 15) is 4.79 Å². The molecule has 3 rings (SSSR count). The van der Waals surface area contributed by atoms with Crippen molar-refractivity contribution in [1.29, 1.82) is 0 Å². The first-order valence-electron chi connectivity index (χ1n) is 8.21. The number of thiocarbonyl (C=S) groups is 1. The van der Waals surface area contributed by atoms with Crippen molar-refractivity contribution in [3.63, 3.8) is 0 Å². The van der Waals surface area contributed by atoms with Crippen LogP contribution in [0.1, 0.15) is 16.7 Å². The van der Waals surface area contributed by atoms with Crippen LogP contribution in [0.5, 0.6) is 5.75 Å². The number of rotatable bonds is 6. The fourth-order valence-corrected chi connectivity index (χ4v) is 3.84. The lowest BCUT2D eigenvalue weighted by atomic mass is 10.1. The molecule has 0 spiro atoms. The molecule has 2 aromatic carbocycles. The van der Waals surface area contributed by atoms with Gasteiger partial charge in [-0.15, -0.1) is 6.58 Å². The smallest absolute Gasteiger partial charge is 0.266 e. The number of carbonyl (C=O) groups excluding carboxylic acids is 1. The zero-order valence-corrected chi connectivity index (χ0v) is 16.1. The van der Waals surface area contributed by atoms with Crippen molar-refractivity contribution in [3.05, 3.63) is 82.8 Å². The second-order valence-electron chi connectivity index (χ2n) is 5.93. The van der Waals surface area contributed by atoms with Crippen LogP contribution in [0, 0.1) is 6.92 Å². The zero-order chi connectivity index (χ0) is 18.5. The van der Waals surface area contributed by atoms with Crippen LogP contribution in [0.2, 0.25) is 0 Å². The number of nitrogens with zero attached hydrogens (tertiary/aromatic N) is 1. The van der Waals surface area contributed by atoms with Crippen molar-refractivity contribution in [2.45, 2.75) is 13.5 Å². The van der Waals surface area contributed by atoms with Crippen LogP contribution in [0.4, 0.5) is 0 Å². The molecular formula is C21H19NO2S2. The van der Waals surface area contributed by atoms with Crippen molar-refractivity contribution in [2.24, 2.45) is 0 Å². The maximum atomic E-state index is 12.3. The third-order valence-corrected chi connectivity index (χ3v) is 5.23. The molecule has 3 nitrogen and oxygen atoms in total. The third kappa shape index (κ3) is 4.42. The topological polar surface area (TPSA) is 29.5 Å². The minimum atomic E-state index is -0.0697. The van der Waals surface area contributed by atoms with Gasteiger partial charge in [0.05, 0.1) is 4.91 Å². The van der Waals surface area contributed by atoms with Crippen molar-refractivity contribution < 1.29 is 9.53 Å². The molecule has 0 aliphatic carbocycles. The van der Waals surface area contributed by atoms with Crippen LogP contribution < -0.4 is 4.74 Å². The Hall–Kier alpha value is -2.37. The monoisotopic (exact) mass is 381 g/mol. The van der Waals surface area contributed by atoms with E-state index in [-0.39, 0.29) is 5.91 Å². The average Bonchev–Trinajstić information content (AvgIpc) is 2.89. The summed E-state index contributed by atoms with van der Waals surface area (Å²) < 4.78 is 6.40. The van der Waals surface area contributed by atoms with Crippen molar-refractivity contribution >= 4 is 40.3 Å². The number of carbonyl (C=O) groups is 1. The van der Waals surface area contributed by atoms with Gasteiger partial charge in [-0.25, -0.2) is 0 Å². The van der Waals surface area contributed by atoms with E-state index in [0.29, 0.717) is 22.4 Å². The predicted molar refractivity (Wildman–Crippen MR) is 112 cm³/mol. The Morgan fingerprint density at radius 2 is 2.00 bits per heavy atom. The van der Waals surface area contributed by atoms with Crippen molar-refractivity contribution in [3.8, 4) is 5.75 Å². The van der Waals surface area contributed by atoms with Gasteiger partial charge in [-0.05, 0) is 36.3 Å². The molecule has 1 saturated heterocycles. The van der Waals surface area contributed by atoms with Crippen molar-refractivity contribution in [2.75, 3.05) is 6.54 Å². The molecule has 1 heterocycles. The molecule has 1 fully saturated rings. The van der Waals surface area contributed by atoms with E-state index >= 15 is 0 Å². The zero-order valence-electron chi connectivity index (χ0n) is 14.5. The minimum Gasteiger partial charge on any atom is -0.489 e. The minimum absolute atomic E-state index is 0.0697. The number of hydrogen-bond donors (Lipinski definition) is 0. The Labute approximate surface area is 163 Å². The first-order valence-corrected chi connectivity index (χ1v) is 9.44. The van der Waals surface area contributed by atoms with Gasteiger partial charge >= 0.3 is 0 Å². The van der Waals surface area contributed by atoms with E-state index in [1.54, 1.807) is 11.0 Å². The fraction of sp³-hybridized carbons (Fsp3) is 0.143. The lowest BCUT2D eigenvalue weighted by molar-refractivity contribution is -0.121. The van der Waals surface area contributed by atoms with E-state index in [0.717, 1.165) is 16.9 Å². The predicted octanol–water partition coefficient (Wildman–Crippen LogP) is 4.96. The number of hydrogen-bond acceptors (Lipinski definition) is 4. The summed E-state index contributed by atoms with van der Waals surface area (Å²) in [4.78, 5) is 14.5. The lowest BCUT2D eigenvalue weighted by Crippen LogP contribution is -2.27. The van der Waals surface area contributed by atoms with Crippen LogP contribution in [-0.4, -0.2) is 21.7 Å². The standard InChI is InChI=1S/C21H19NO2S2/c1-3-11-22-20(23)19(26-21(22)25)13-16-7-9-18(10-8-16)24-14-17-6-4-5-15(2)12-17/h3-10,12-13H,1,11,14H2,2H3. The Kier molecular flexibility index (Phi) is 5.91. The number of benzene rings is 2. The second-order valence-corrected chi connectivity index (χ2v) is 7.60. The number of amides is 1. The highest BCUT2D eigenvalue weighted by Gasteiger charge is 2.30. The molecule has 1 aliphatic rings. The van der Waals surface area contributed by atoms with Gasteiger partial charge in [0.15, 0.2) is 0 Å². The summed E-state index contributed by atoms with van der Waals surface area (Å²) in [5, 5.41) is 0. The van der Waals surface area contributed by atoms with Crippen molar-refractivity contribution in [1.82, 2.24) is 4.90 Å². The maximum Gasteiger partial charge on any atom is 0.266 e. The molecule has 0 atom stereocenters. The van der Waals surface area contributed by atoms with Gasteiger partial charge in [0.2, 0.25) is 0 Å². The normalized spacial score (nSPS) is 15.6. The Morgan fingerprint density at radius 1 is 1.23 bits per heavy atom. The Morgan fingerprint density at radius 3 is 2.69 bits per heavy atom. The average molecular weight is 382 g/mol. The molecule has 0 radical (unpaired) electrons. The maximum absolute atomic E-state index is 12.3. The molecule has 5 heteroatoms. The highest BCUT2D eigenvalue weighted by Crippen LogP contribution is 2.32. The van der Waals surface area contributed by atoms with Gasteiger partial charge in [0.1, 0.15) is 16.7 Å². The second kappa shape index (κ2) is 8.34. The lowest BCUT2D eigenvalue weighted by Gasteiger charge is -2.10. The van der Waals surface area contributed by atoms with E-state index < -0.39 is 0 Å². The summed E-state index contributed by atoms with van der Waals surface area (Å²) in [5.41, 5.74) is 3.29. The van der Waals surface area contributed by atoms with Gasteiger partial charge in [-0.2, -0.15) is 0 Å². The molecule has 0 aromatic heterocycles. The molecular weight excluding hydrogens is 362 g/mol. The molecule has 26 heavy (non-hydrogen) atoms. The van der Waals surface area contributed by atoms with Gasteiger partial charge in [0, 0.05) is 6.54 Å². The summed E-state index contributed by atoms with van der Waals surface area (Å²) in [6, 6.07) is 15.9. The molecule has 2 aromatic rings. The number of aryl methyl sites for hydroxylation is 1. The van der Waals surface area contributed by atoms with Gasteiger partial charge < -0.3 is 4.74 Å². The van der Waals surface area contributed by atoms with E-state index in [2.05, 4.69) is 25.6 Å². The third-order valence-electron chi connectivity index (χ3n) is 3.85. The van der Waals surface area contributed by atoms with Crippen LogP contribution in [-0.2, 0) is 11.4 Å². The molecule has 1 amide bonds. The van der Waals surface area contributed by atoms with Gasteiger partial charge in [0.25, 0.3) is 5.91 Å². The summed E-state index contributed by atoms with van der Waals surface area (Å²) >= 11 is 6.57. The quantitative estimate of drug-likeness (QED) is 0.402. The summed E-state index contributed by atoms with van der Waals surface area (Å²) in [6.45, 7) is 6.69. The first-order chi connectivity index (χ1) is 12.6. The number of ether oxygens (including phenoxy) is 1.